The molecule has 0 amide bonds. The largest absolute Gasteiger partial charge is 0.382 e. The van der Waals surface area contributed by atoms with Crippen LogP contribution in [0.25, 0.3) is 0 Å². The molecule has 0 aromatic carbocycles. The highest BCUT2D eigenvalue weighted by Gasteiger charge is 2.13. The maximum absolute atomic E-state index is 9.85. The molecule has 0 spiro atoms. The van der Waals surface area contributed by atoms with Crippen LogP contribution in [-0.4, -0.2) is 25.1 Å². The lowest BCUT2D eigenvalue weighted by atomic mass is 10.1. The fourth-order valence-corrected chi connectivity index (χ4v) is 1.20. The maximum atomic E-state index is 9.85. The van der Waals surface area contributed by atoms with Crippen molar-refractivity contribution in [2.45, 2.75) is 6.10 Å². The molecule has 72 valence electrons. The van der Waals surface area contributed by atoms with Crippen molar-refractivity contribution in [3.63, 3.8) is 0 Å². The molecule has 0 aliphatic heterocycles. The summed E-state index contributed by atoms with van der Waals surface area (Å²) < 4.78 is 0. The number of aromatic nitrogens is 4. The summed E-state index contributed by atoms with van der Waals surface area (Å²) in [7, 11) is 1.71. The van der Waals surface area contributed by atoms with Crippen molar-refractivity contribution in [1.82, 2.24) is 20.0 Å². The lowest BCUT2D eigenvalue weighted by Crippen LogP contribution is -2.02. The molecule has 0 saturated carbocycles. The standard InChI is InChI=1S/C9H10N4O/c1-13-11-6-8(12-13)9(14)7-3-2-4-10-5-7/h2-6,9,14H,1H3. The molecular weight excluding hydrogens is 180 g/mol. The quantitative estimate of drug-likeness (QED) is 0.739. The van der Waals surface area contributed by atoms with E-state index in [4.69, 9.17) is 0 Å². The molecule has 0 bridgehead atoms. The number of rotatable bonds is 2. The topological polar surface area (TPSA) is 63.8 Å². The third-order valence-electron chi connectivity index (χ3n) is 1.90. The monoisotopic (exact) mass is 190 g/mol. The van der Waals surface area contributed by atoms with Gasteiger partial charge in [0, 0.05) is 25.0 Å². The van der Waals surface area contributed by atoms with Crippen LogP contribution in [-0.2, 0) is 7.05 Å². The molecule has 2 rings (SSSR count). The van der Waals surface area contributed by atoms with Gasteiger partial charge in [-0.05, 0) is 6.07 Å². The first kappa shape index (κ1) is 8.83. The Balaban J connectivity index is 2.29. The minimum Gasteiger partial charge on any atom is -0.382 e. The number of aliphatic hydroxyl groups is 1. The van der Waals surface area contributed by atoms with E-state index in [0.717, 1.165) is 0 Å². The van der Waals surface area contributed by atoms with E-state index in [1.54, 1.807) is 31.6 Å². The van der Waals surface area contributed by atoms with Crippen LogP contribution in [0.1, 0.15) is 17.4 Å². The molecule has 0 fully saturated rings. The van der Waals surface area contributed by atoms with Gasteiger partial charge in [-0.15, -0.1) is 0 Å². The molecule has 1 N–H and O–H groups in total. The number of pyridine rings is 1. The van der Waals surface area contributed by atoms with Gasteiger partial charge in [-0.3, -0.25) is 4.98 Å². The molecule has 1 unspecified atom stereocenters. The fraction of sp³-hybridized carbons (Fsp3) is 0.222. The van der Waals surface area contributed by atoms with E-state index in [2.05, 4.69) is 15.2 Å². The third kappa shape index (κ3) is 1.62. The van der Waals surface area contributed by atoms with E-state index in [1.807, 2.05) is 0 Å². The van der Waals surface area contributed by atoms with Crippen molar-refractivity contribution >= 4 is 0 Å². The van der Waals surface area contributed by atoms with Gasteiger partial charge >= 0.3 is 0 Å². The average molecular weight is 190 g/mol. The van der Waals surface area contributed by atoms with E-state index in [1.165, 1.54) is 11.0 Å². The van der Waals surface area contributed by atoms with Crippen LogP contribution in [0, 0.1) is 0 Å². The number of aryl methyl sites for hydroxylation is 1. The minimum absolute atomic E-state index is 0.528. The Bertz CT molecular complexity index is 412. The summed E-state index contributed by atoms with van der Waals surface area (Å²) in [5.41, 5.74) is 1.24. The zero-order chi connectivity index (χ0) is 9.97. The van der Waals surface area contributed by atoms with E-state index in [9.17, 15) is 5.11 Å². The fourth-order valence-electron chi connectivity index (χ4n) is 1.20. The van der Waals surface area contributed by atoms with Gasteiger partial charge < -0.3 is 5.11 Å². The SMILES string of the molecule is Cn1ncc(C(O)c2cccnc2)n1. The predicted molar refractivity (Wildman–Crippen MR) is 49.3 cm³/mol. The highest BCUT2D eigenvalue weighted by atomic mass is 16.3. The van der Waals surface area contributed by atoms with Gasteiger partial charge in [0.2, 0.25) is 0 Å². The summed E-state index contributed by atoms with van der Waals surface area (Å²) in [6.45, 7) is 0. The molecule has 5 heteroatoms. The van der Waals surface area contributed by atoms with Gasteiger partial charge in [0.15, 0.2) is 0 Å². The second-order valence-electron chi connectivity index (χ2n) is 2.95. The van der Waals surface area contributed by atoms with E-state index in [-0.39, 0.29) is 0 Å². The molecule has 0 aliphatic rings. The third-order valence-corrected chi connectivity index (χ3v) is 1.90. The smallest absolute Gasteiger partial charge is 0.126 e. The summed E-state index contributed by atoms with van der Waals surface area (Å²) in [5.74, 6) is 0. The van der Waals surface area contributed by atoms with Crippen LogP contribution < -0.4 is 0 Å². The second kappa shape index (κ2) is 3.55. The number of nitrogens with zero attached hydrogens (tertiary/aromatic N) is 4. The molecular formula is C9H10N4O. The van der Waals surface area contributed by atoms with Crippen LogP contribution in [0.2, 0.25) is 0 Å². The molecule has 14 heavy (non-hydrogen) atoms. The Morgan fingerprint density at radius 1 is 1.43 bits per heavy atom. The number of aliphatic hydroxyl groups excluding tert-OH is 1. The molecule has 2 aromatic heterocycles. The van der Waals surface area contributed by atoms with E-state index < -0.39 is 6.10 Å². The highest BCUT2D eigenvalue weighted by Crippen LogP contribution is 2.17. The van der Waals surface area contributed by atoms with Crippen LogP contribution in [0.3, 0.4) is 0 Å². The van der Waals surface area contributed by atoms with Crippen molar-refractivity contribution in [3.8, 4) is 0 Å². The summed E-state index contributed by atoms with van der Waals surface area (Å²) in [4.78, 5) is 5.33. The lowest BCUT2D eigenvalue weighted by molar-refractivity contribution is 0.214. The molecule has 0 radical (unpaired) electrons. The Morgan fingerprint density at radius 3 is 2.86 bits per heavy atom. The van der Waals surface area contributed by atoms with Crippen molar-refractivity contribution in [1.29, 1.82) is 0 Å². The molecule has 2 heterocycles. The Morgan fingerprint density at radius 2 is 2.29 bits per heavy atom. The van der Waals surface area contributed by atoms with Crippen LogP contribution in [0.4, 0.5) is 0 Å². The number of hydrogen-bond donors (Lipinski definition) is 1. The molecule has 0 saturated heterocycles. The minimum atomic E-state index is -0.752. The zero-order valence-corrected chi connectivity index (χ0v) is 7.70. The van der Waals surface area contributed by atoms with Gasteiger partial charge in [0.1, 0.15) is 11.8 Å². The first-order valence-electron chi connectivity index (χ1n) is 4.21. The van der Waals surface area contributed by atoms with Gasteiger partial charge in [-0.25, -0.2) is 0 Å². The first-order valence-corrected chi connectivity index (χ1v) is 4.21. The maximum Gasteiger partial charge on any atom is 0.126 e. The van der Waals surface area contributed by atoms with Crippen molar-refractivity contribution in [2.75, 3.05) is 0 Å². The van der Waals surface area contributed by atoms with E-state index in [0.29, 0.717) is 11.3 Å². The van der Waals surface area contributed by atoms with Gasteiger partial charge in [0.05, 0.1) is 6.20 Å². The average Bonchev–Trinajstić information content (AvgIpc) is 2.65. The molecule has 5 nitrogen and oxygen atoms in total. The van der Waals surface area contributed by atoms with Crippen molar-refractivity contribution < 1.29 is 5.11 Å². The van der Waals surface area contributed by atoms with Gasteiger partial charge in [-0.2, -0.15) is 15.0 Å². The van der Waals surface area contributed by atoms with Gasteiger partial charge in [-0.1, -0.05) is 6.07 Å². The van der Waals surface area contributed by atoms with Crippen LogP contribution in [0.5, 0.6) is 0 Å². The second-order valence-corrected chi connectivity index (χ2v) is 2.95. The summed E-state index contributed by atoms with van der Waals surface area (Å²) in [6.07, 6.45) is 4.06. The predicted octanol–water partition coefficient (Wildman–Crippen LogP) is 0.292. The normalized spacial score (nSPS) is 12.7. The van der Waals surface area contributed by atoms with Crippen molar-refractivity contribution in [3.05, 3.63) is 42.0 Å². The molecule has 0 aliphatic carbocycles. The summed E-state index contributed by atoms with van der Waals surface area (Å²) >= 11 is 0. The summed E-state index contributed by atoms with van der Waals surface area (Å²) in [6, 6.07) is 3.57. The van der Waals surface area contributed by atoms with Crippen molar-refractivity contribution in [2.24, 2.45) is 7.05 Å². The van der Waals surface area contributed by atoms with Gasteiger partial charge in [0.25, 0.3) is 0 Å². The Labute approximate surface area is 81.0 Å². The highest BCUT2D eigenvalue weighted by molar-refractivity contribution is 5.20. The first-order chi connectivity index (χ1) is 6.77. The zero-order valence-electron chi connectivity index (χ0n) is 7.70. The Hall–Kier alpha value is -1.75. The lowest BCUT2D eigenvalue weighted by Gasteiger charge is -2.05. The molecule has 1 atom stereocenters. The van der Waals surface area contributed by atoms with E-state index >= 15 is 0 Å². The Kier molecular flexibility index (Phi) is 2.24. The molecule has 2 aromatic rings. The van der Waals surface area contributed by atoms with Crippen LogP contribution >= 0.6 is 0 Å². The summed E-state index contributed by atoms with van der Waals surface area (Å²) in [5, 5.41) is 17.8. The van der Waals surface area contributed by atoms with Crippen LogP contribution in [0.15, 0.2) is 30.7 Å². The number of hydrogen-bond acceptors (Lipinski definition) is 4.